The Morgan fingerprint density at radius 1 is 1.15 bits per heavy atom. The molecule has 0 aromatic carbocycles. The van der Waals surface area contributed by atoms with E-state index in [9.17, 15) is 0 Å². The summed E-state index contributed by atoms with van der Waals surface area (Å²) in [7, 11) is 6.05. The molecule has 0 atom stereocenters. The first-order valence-electron chi connectivity index (χ1n) is 9.20. The lowest BCUT2D eigenvalue weighted by molar-refractivity contribution is 0.209. The first kappa shape index (κ1) is 17.0. The van der Waals surface area contributed by atoms with Crippen molar-refractivity contribution in [2.45, 2.75) is 25.2 Å². The molecule has 1 aliphatic rings. The topological polar surface area (TPSA) is 67.4 Å². The van der Waals surface area contributed by atoms with Crippen LogP contribution in [0.2, 0.25) is 0 Å². The predicted octanol–water partition coefficient (Wildman–Crippen LogP) is 1.35. The lowest BCUT2D eigenvalue weighted by atomic mass is 9.96. The number of imidazole rings is 1. The highest BCUT2D eigenvalue weighted by Crippen LogP contribution is 2.27. The van der Waals surface area contributed by atoms with Gasteiger partial charge in [0, 0.05) is 52.4 Å². The molecule has 0 unspecified atom stereocenters. The first-order chi connectivity index (χ1) is 12.6. The van der Waals surface area contributed by atoms with Crippen LogP contribution in [0.15, 0.2) is 24.5 Å². The summed E-state index contributed by atoms with van der Waals surface area (Å²) in [6.07, 6.45) is 7.06. The van der Waals surface area contributed by atoms with Gasteiger partial charge in [-0.05, 0) is 38.1 Å². The molecule has 4 heterocycles. The van der Waals surface area contributed by atoms with Crippen molar-refractivity contribution in [1.82, 2.24) is 34.3 Å². The zero-order valence-corrected chi connectivity index (χ0v) is 15.7. The van der Waals surface area contributed by atoms with Gasteiger partial charge < -0.3 is 14.4 Å². The van der Waals surface area contributed by atoms with Gasteiger partial charge in [-0.15, -0.1) is 15.3 Å². The normalized spacial score (nSPS) is 16.4. The van der Waals surface area contributed by atoms with Crippen LogP contribution in [0.3, 0.4) is 0 Å². The smallest absolute Gasteiger partial charge is 0.178 e. The number of nitrogens with zero attached hydrogens (tertiary/aromatic N) is 8. The van der Waals surface area contributed by atoms with Crippen molar-refractivity contribution < 1.29 is 0 Å². The van der Waals surface area contributed by atoms with Gasteiger partial charge >= 0.3 is 0 Å². The number of rotatable bonds is 5. The van der Waals surface area contributed by atoms with Crippen molar-refractivity contribution in [2.75, 3.05) is 38.6 Å². The van der Waals surface area contributed by atoms with Crippen LogP contribution in [0, 0.1) is 0 Å². The SMILES string of the molecule is CN(C)c1ccc2nnc(C3CCN(CCc4nccn4C)CC3)n2n1. The summed E-state index contributed by atoms with van der Waals surface area (Å²) in [5.41, 5.74) is 0.822. The van der Waals surface area contributed by atoms with Gasteiger partial charge in [-0.1, -0.05) is 0 Å². The summed E-state index contributed by atoms with van der Waals surface area (Å²) in [6, 6.07) is 3.97. The summed E-state index contributed by atoms with van der Waals surface area (Å²) in [4.78, 5) is 8.94. The number of likely N-dealkylation sites (tertiary alicyclic amines) is 1. The van der Waals surface area contributed by atoms with Crippen molar-refractivity contribution in [3.8, 4) is 0 Å². The van der Waals surface area contributed by atoms with E-state index >= 15 is 0 Å². The average Bonchev–Trinajstić information content (AvgIpc) is 3.26. The van der Waals surface area contributed by atoms with Gasteiger partial charge in [0.15, 0.2) is 11.5 Å². The van der Waals surface area contributed by atoms with Gasteiger partial charge in [0.1, 0.15) is 11.6 Å². The molecule has 0 amide bonds. The third-order valence-electron chi connectivity index (χ3n) is 5.26. The van der Waals surface area contributed by atoms with Crippen LogP contribution in [0.25, 0.3) is 5.65 Å². The number of hydrogen-bond acceptors (Lipinski definition) is 6. The quantitative estimate of drug-likeness (QED) is 0.689. The Balaban J connectivity index is 1.41. The second-order valence-corrected chi connectivity index (χ2v) is 7.23. The minimum atomic E-state index is 0.416. The van der Waals surface area contributed by atoms with Crippen LogP contribution >= 0.6 is 0 Å². The Morgan fingerprint density at radius 2 is 1.96 bits per heavy atom. The fraction of sp³-hybridized carbons (Fsp3) is 0.556. The molecule has 1 aliphatic heterocycles. The third kappa shape index (κ3) is 3.29. The standard InChI is InChI=1S/C18H26N8/c1-23(2)17-5-4-16-20-21-18(26(16)22-17)14-6-10-25(11-7-14)12-8-15-19-9-13-24(15)3/h4-5,9,13-14H,6-8,10-12H2,1-3H3. The van der Waals surface area contributed by atoms with E-state index < -0.39 is 0 Å². The average molecular weight is 354 g/mol. The molecule has 26 heavy (non-hydrogen) atoms. The highest BCUT2D eigenvalue weighted by molar-refractivity contribution is 5.45. The predicted molar refractivity (Wildman–Crippen MR) is 100 cm³/mol. The molecule has 0 aliphatic carbocycles. The molecule has 1 saturated heterocycles. The second-order valence-electron chi connectivity index (χ2n) is 7.23. The van der Waals surface area contributed by atoms with Crippen molar-refractivity contribution in [1.29, 1.82) is 0 Å². The maximum Gasteiger partial charge on any atom is 0.178 e. The van der Waals surface area contributed by atoms with E-state index in [1.165, 1.54) is 0 Å². The van der Waals surface area contributed by atoms with E-state index in [2.05, 4.69) is 31.7 Å². The number of hydrogen-bond donors (Lipinski definition) is 0. The summed E-state index contributed by atoms with van der Waals surface area (Å²) in [5, 5.41) is 13.4. The maximum absolute atomic E-state index is 4.70. The van der Waals surface area contributed by atoms with Crippen molar-refractivity contribution >= 4 is 11.5 Å². The Hall–Kier alpha value is -2.48. The molecule has 0 radical (unpaired) electrons. The van der Waals surface area contributed by atoms with E-state index in [-0.39, 0.29) is 0 Å². The Labute approximate surface area is 153 Å². The van der Waals surface area contributed by atoms with E-state index in [1.54, 1.807) is 0 Å². The van der Waals surface area contributed by atoms with Gasteiger partial charge in [-0.2, -0.15) is 4.52 Å². The minimum absolute atomic E-state index is 0.416. The molecule has 1 fully saturated rings. The Morgan fingerprint density at radius 3 is 2.65 bits per heavy atom. The zero-order chi connectivity index (χ0) is 18.1. The Kier molecular flexibility index (Phi) is 4.58. The highest BCUT2D eigenvalue weighted by atomic mass is 15.4. The molecular weight excluding hydrogens is 328 g/mol. The van der Waals surface area contributed by atoms with Crippen LogP contribution in [0.1, 0.15) is 30.4 Å². The molecule has 0 bridgehead atoms. The lowest BCUT2D eigenvalue weighted by Crippen LogP contribution is -2.35. The summed E-state index contributed by atoms with van der Waals surface area (Å²) in [5.74, 6) is 3.48. The number of piperidine rings is 1. The van der Waals surface area contributed by atoms with Crippen LogP contribution in [-0.2, 0) is 13.5 Å². The molecule has 4 rings (SSSR count). The maximum atomic E-state index is 4.70. The Bertz CT molecular complexity index is 872. The first-order valence-corrected chi connectivity index (χ1v) is 9.20. The van der Waals surface area contributed by atoms with Crippen molar-refractivity contribution in [3.05, 3.63) is 36.2 Å². The van der Waals surface area contributed by atoms with Crippen LogP contribution in [0.5, 0.6) is 0 Å². The molecule has 8 heteroatoms. The van der Waals surface area contributed by atoms with E-state index in [0.29, 0.717) is 5.92 Å². The molecule has 138 valence electrons. The van der Waals surface area contributed by atoms with Crippen molar-refractivity contribution in [3.63, 3.8) is 0 Å². The van der Waals surface area contributed by atoms with E-state index in [1.807, 2.05) is 48.0 Å². The lowest BCUT2D eigenvalue weighted by Gasteiger charge is -2.30. The van der Waals surface area contributed by atoms with Gasteiger partial charge in [0.05, 0.1) is 0 Å². The number of anilines is 1. The van der Waals surface area contributed by atoms with Gasteiger partial charge in [-0.3, -0.25) is 0 Å². The van der Waals surface area contributed by atoms with E-state index in [4.69, 9.17) is 5.10 Å². The summed E-state index contributed by atoms with van der Waals surface area (Å²) in [6.45, 7) is 3.22. The fourth-order valence-corrected chi connectivity index (χ4v) is 3.60. The van der Waals surface area contributed by atoms with Crippen LogP contribution < -0.4 is 4.90 Å². The fourth-order valence-electron chi connectivity index (χ4n) is 3.60. The molecule has 0 N–H and O–H groups in total. The van der Waals surface area contributed by atoms with E-state index in [0.717, 1.165) is 62.0 Å². The number of fused-ring (bicyclic) bond motifs is 1. The van der Waals surface area contributed by atoms with Crippen LogP contribution in [-0.4, -0.2) is 68.0 Å². The molecule has 3 aromatic rings. The number of aromatic nitrogens is 6. The molecule has 8 nitrogen and oxygen atoms in total. The largest absolute Gasteiger partial charge is 0.361 e. The van der Waals surface area contributed by atoms with Gasteiger partial charge in [-0.25, -0.2) is 4.98 Å². The summed E-state index contributed by atoms with van der Waals surface area (Å²) >= 11 is 0. The molecule has 0 saturated carbocycles. The van der Waals surface area contributed by atoms with Crippen LogP contribution in [0.4, 0.5) is 5.82 Å². The zero-order valence-electron chi connectivity index (χ0n) is 15.7. The summed E-state index contributed by atoms with van der Waals surface area (Å²) < 4.78 is 4.02. The van der Waals surface area contributed by atoms with Crippen molar-refractivity contribution in [2.24, 2.45) is 7.05 Å². The molecule has 0 spiro atoms. The monoisotopic (exact) mass is 354 g/mol. The minimum Gasteiger partial charge on any atom is -0.361 e. The highest BCUT2D eigenvalue weighted by Gasteiger charge is 2.25. The number of aryl methyl sites for hydroxylation is 1. The van der Waals surface area contributed by atoms with Gasteiger partial charge in [0.2, 0.25) is 0 Å². The third-order valence-corrected chi connectivity index (χ3v) is 5.26. The molecular formula is C18H26N8. The second kappa shape index (κ2) is 7.03. The van der Waals surface area contributed by atoms with Gasteiger partial charge in [0.25, 0.3) is 0 Å². The molecule has 3 aromatic heterocycles.